The maximum Gasteiger partial charge on any atom is -1.00 e. The summed E-state index contributed by atoms with van der Waals surface area (Å²) in [5.74, 6) is -0.254. The van der Waals surface area contributed by atoms with E-state index >= 15 is 0 Å². The molecule has 0 aliphatic rings. The Kier molecular flexibility index (Phi) is 13.3. The summed E-state index contributed by atoms with van der Waals surface area (Å²) in [5, 5.41) is 1.59. The van der Waals surface area contributed by atoms with Gasteiger partial charge in [0.25, 0.3) is 0 Å². The predicted octanol–water partition coefficient (Wildman–Crippen LogP) is -0.862. The zero-order valence-electron chi connectivity index (χ0n) is 17.3. The van der Waals surface area contributed by atoms with Gasteiger partial charge in [-0.05, 0) is 12.1 Å². The minimum atomic E-state index is -0.127. The fraction of sp³-hybridized carbons (Fsp3) is 0.174. The van der Waals surface area contributed by atoms with Gasteiger partial charge in [-0.25, -0.2) is 4.98 Å². The van der Waals surface area contributed by atoms with Crippen molar-refractivity contribution in [2.45, 2.75) is 27.7 Å². The first-order valence-electron chi connectivity index (χ1n) is 8.80. The summed E-state index contributed by atoms with van der Waals surface area (Å²) >= 11 is 13.6. The number of ketones is 2. The maximum atomic E-state index is 10.8. The van der Waals surface area contributed by atoms with Crippen molar-refractivity contribution < 1.29 is 49.1 Å². The predicted molar refractivity (Wildman–Crippen MR) is 116 cm³/mol. The quantitative estimate of drug-likeness (QED) is 0.402. The molecule has 0 saturated carbocycles. The Labute approximate surface area is 211 Å². The summed E-state index contributed by atoms with van der Waals surface area (Å²) in [6.45, 7) is 6.98. The van der Waals surface area contributed by atoms with Crippen LogP contribution in [0, 0.1) is 13.8 Å². The van der Waals surface area contributed by atoms with Crippen molar-refractivity contribution in [3.63, 3.8) is 0 Å². The second-order valence-electron chi connectivity index (χ2n) is 6.30. The van der Waals surface area contributed by atoms with E-state index in [1.807, 2.05) is 24.3 Å². The van der Waals surface area contributed by atoms with Crippen LogP contribution >= 0.6 is 23.2 Å². The molecule has 3 aromatic rings. The van der Waals surface area contributed by atoms with Gasteiger partial charge >= 0.3 is 118 Å². The van der Waals surface area contributed by atoms with Gasteiger partial charge in [-0.3, -0.25) is 9.59 Å². The number of halogens is 4. The SMILES string of the molecule is CC(=O)c1cccc(C(C)=O)n1.Cc1cccc(Cl)[c]1[Co+2][c]1c(C)cccc1Cl.[Cl-].[Cl-]. The molecule has 0 radical (unpaired) electrons. The normalized spacial score (nSPS) is 9.48. The van der Waals surface area contributed by atoms with Gasteiger partial charge in [0, 0.05) is 13.8 Å². The second kappa shape index (κ2) is 13.9. The van der Waals surface area contributed by atoms with Crippen molar-refractivity contribution in [2.75, 3.05) is 0 Å². The van der Waals surface area contributed by atoms with Crippen LogP contribution in [0.1, 0.15) is 46.0 Å². The van der Waals surface area contributed by atoms with Crippen LogP contribution in [0.2, 0.25) is 10.0 Å². The van der Waals surface area contributed by atoms with Crippen molar-refractivity contribution in [1.29, 1.82) is 0 Å². The standard InChI is InChI=1S/C9H9NO2.2C7H6Cl.2ClH.Co/c1-6(11)8-4-3-5-9(10-8)7(2)12;2*1-6-3-2-4-7(8)5-6;;;/h3-5H,1-2H3;2*2-4H,1H3;2*1H;/q;;;;;+2/p-2. The monoisotopic (exact) mass is 542 g/mol. The Morgan fingerprint density at radius 1 is 0.710 bits per heavy atom. The Morgan fingerprint density at radius 2 is 1.06 bits per heavy atom. The van der Waals surface area contributed by atoms with Crippen LogP contribution in [-0.2, 0) is 14.7 Å². The topological polar surface area (TPSA) is 47.0 Å². The molecule has 0 aliphatic heterocycles. The number of Topliss-reactive ketones (excluding diaryl/α,β-unsaturated/α-hetero) is 2. The average molecular weight is 544 g/mol. The van der Waals surface area contributed by atoms with Crippen LogP contribution in [0.5, 0.6) is 0 Å². The van der Waals surface area contributed by atoms with Gasteiger partial charge in [0.05, 0.1) is 0 Å². The molecule has 0 amide bonds. The van der Waals surface area contributed by atoms with Crippen LogP contribution in [0.25, 0.3) is 0 Å². The molecule has 0 atom stereocenters. The summed E-state index contributed by atoms with van der Waals surface area (Å²) in [4.78, 5) is 25.6. The van der Waals surface area contributed by atoms with E-state index < -0.39 is 0 Å². The Balaban J connectivity index is 0.000000575. The number of pyridine rings is 1. The van der Waals surface area contributed by atoms with E-state index in [1.54, 1.807) is 18.2 Å². The number of carbonyl (C=O) groups excluding carboxylic acids is 2. The molecule has 31 heavy (non-hydrogen) atoms. The molecule has 8 heteroatoms. The Hall–Kier alpha value is -1.40. The number of hydrogen-bond donors (Lipinski definition) is 0. The molecule has 0 unspecified atom stereocenters. The van der Waals surface area contributed by atoms with Crippen LogP contribution in [0.4, 0.5) is 0 Å². The van der Waals surface area contributed by atoms with Gasteiger partial charge in [0.15, 0.2) is 11.6 Å². The molecule has 3 rings (SSSR count). The Morgan fingerprint density at radius 3 is 1.39 bits per heavy atom. The Bertz CT molecular complexity index is 938. The number of benzene rings is 2. The molecule has 0 bridgehead atoms. The first kappa shape index (κ1) is 29.6. The van der Waals surface area contributed by atoms with Gasteiger partial charge < -0.3 is 24.8 Å². The number of carbonyl (C=O) groups is 2. The average Bonchev–Trinajstić information content (AvgIpc) is 2.67. The fourth-order valence-electron chi connectivity index (χ4n) is 2.33. The zero-order valence-corrected chi connectivity index (χ0v) is 21.4. The first-order valence-corrected chi connectivity index (χ1v) is 10.6. The van der Waals surface area contributed by atoms with E-state index in [-0.39, 0.29) is 36.4 Å². The van der Waals surface area contributed by atoms with E-state index in [9.17, 15) is 9.59 Å². The minimum absolute atomic E-state index is 0. The van der Waals surface area contributed by atoms with Gasteiger partial charge in [-0.1, -0.05) is 6.07 Å². The molecule has 0 aliphatic carbocycles. The van der Waals surface area contributed by atoms with Gasteiger partial charge in [0.1, 0.15) is 11.4 Å². The number of aryl methyl sites for hydroxylation is 2. The van der Waals surface area contributed by atoms with Crippen LogP contribution < -0.4 is 33.8 Å². The summed E-state index contributed by atoms with van der Waals surface area (Å²) in [5.41, 5.74) is 3.05. The number of nitrogens with zero attached hydrogens (tertiary/aromatic N) is 1. The van der Waals surface area contributed by atoms with E-state index in [2.05, 4.69) is 31.0 Å². The van der Waals surface area contributed by atoms with E-state index in [0.29, 0.717) is 11.4 Å². The summed E-state index contributed by atoms with van der Waals surface area (Å²) in [6.07, 6.45) is 0. The van der Waals surface area contributed by atoms with E-state index in [4.69, 9.17) is 23.2 Å². The molecule has 2 aromatic carbocycles. The largest absolute Gasteiger partial charge is 1.00 e. The minimum Gasteiger partial charge on any atom is -1.00 e. The number of aromatic nitrogens is 1. The van der Waals surface area contributed by atoms with E-state index in [1.165, 1.54) is 25.0 Å². The third-order valence-electron chi connectivity index (χ3n) is 3.87. The van der Waals surface area contributed by atoms with Crippen LogP contribution in [0.15, 0.2) is 54.6 Å². The molecular formula is C23H21Cl4CoNO2. The van der Waals surface area contributed by atoms with Crippen LogP contribution in [-0.4, -0.2) is 16.6 Å². The summed E-state index contributed by atoms with van der Waals surface area (Å²) in [7, 11) is 0. The van der Waals surface area contributed by atoms with Crippen molar-refractivity contribution >= 4 is 43.8 Å². The molecule has 0 fully saturated rings. The molecule has 0 N–H and O–H groups in total. The van der Waals surface area contributed by atoms with Crippen molar-refractivity contribution in [1.82, 2.24) is 4.98 Å². The first-order chi connectivity index (χ1) is 13.7. The smallest absolute Gasteiger partial charge is 1.00 e. The molecule has 1 heterocycles. The summed E-state index contributed by atoms with van der Waals surface area (Å²) in [6, 6.07) is 16.7. The molecule has 1 aromatic heterocycles. The molecule has 0 saturated heterocycles. The van der Waals surface area contributed by atoms with Gasteiger partial charge in [-0.2, -0.15) is 0 Å². The summed E-state index contributed by atoms with van der Waals surface area (Å²) < 4.78 is 2.25. The maximum absolute atomic E-state index is 10.8. The number of rotatable bonds is 4. The van der Waals surface area contributed by atoms with Crippen LogP contribution in [0.3, 0.4) is 0 Å². The molecular weight excluding hydrogens is 523 g/mol. The van der Waals surface area contributed by atoms with Gasteiger partial charge in [-0.15, -0.1) is 0 Å². The second-order valence-corrected chi connectivity index (χ2v) is 8.42. The molecule has 3 nitrogen and oxygen atoms in total. The zero-order chi connectivity index (χ0) is 21.6. The van der Waals surface area contributed by atoms with Gasteiger partial charge in [0.2, 0.25) is 0 Å². The van der Waals surface area contributed by atoms with E-state index in [0.717, 1.165) is 33.7 Å². The third kappa shape index (κ3) is 8.57. The molecule has 167 valence electrons. The van der Waals surface area contributed by atoms with Crippen molar-refractivity contribution in [2.24, 2.45) is 0 Å². The third-order valence-corrected chi connectivity index (χ3v) is 6.67. The van der Waals surface area contributed by atoms with Crippen molar-refractivity contribution in [3.05, 3.63) is 87.2 Å². The molecule has 0 spiro atoms. The van der Waals surface area contributed by atoms with Crippen molar-refractivity contribution in [3.8, 4) is 0 Å². The number of hydrogen-bond acceptors (Lipinski definition) is 3. The fourth-order valence-corrected chi connectivity index (χ4v) is 4.30.